The molecule has 3 nitrogen and oxygen atoms in total. The van der Waals surface area contributed by atoms with Gasteiger partial charge in [-0.1, -0.05) is 18.2 Å². The third-order valence-corrected chi connectivity index (χ3v) is 2.69. The molecule has 0 bridgehead atoms. The summed E-state index contributed by atoms with van der Waals surface area (Å²) in [6, 6.07) is 13.4. The minimum Gasteiger partial charge on any atom is -0.455 e. The Kier molecular flexibility index (Phi) is 1.66. The van der Waals surface area contributed by atoms with Crippen LogP contribution in [0.2, 0.25) is 0 Å². The average molecular weight is 208 g/mol. The summed E-state index contributed by atoms with van der Waals surface area (Å²) < 4.78 is 5.65. The van der Waals surface area contributed by atoms with Gasteiger partial charge in [-0.25, -0.2) is 0 Å². The molecule has 1 heterocycles. The maximum Gasteiger partial charge on any atom is 0.155 e. The topological polar surface area (TPSA) is 63.0 Å². The number of para-hydroxylation sites is 1. The van der Waals surface area contributed by atoms with E-state index in [9.17, 15) is 0 Å². The molecular formula is C13H8N2O. The second kappa shape index (κ2) is 3.01. The molecule has 2 aromatic carbocycles. The van der Waals surface area contributed by atoms with E-state index in [2.05, 4.69) is 6.07 Å². The Morgan fingerprint density at radius 3 is 2.69 bits per heavy atom. The summed E-state index contributed by atoms with van der Waals surface area (Å²) in [6.45, 7) is 0. The molecule has 0 fully saturated rings. The van der Waals surface area contributed by atoms with Crippen LogP contribution in [0.4, 0.5) is 5.69 Å². The van der Waals surface area contributed by atoms with Crippen molar-refractivity contribution >= 4 is 27.6 Å². The number of nitrogen functional groups attached to an aromatic ring is 1. The third-order valence-electron chi connectivity index (χ3n) is 2.69. The Morgan fingerprint density at radius 2 is 1.88 bits per heavy atom. The predicted octanol–water partition coefficient (Wildman–Crippen LogP) is 3.04. The lowest BCUT2D eigenvalue weighted by atomic mass is 10.1. The van der Waals surface area contributed by atoms with Crippen LogP contribution in [0.25, 0.3) is 21.9 Å². The molecule has 0 aliphatic rings. The molecular weight excluding hydrogens is 200 g/mol. The van der Waals surface area contributed by atoms with Gasteiger partial charge in [-0.05, 0) is 18.2 Å². The number of nitrogens with two attached hydrogens (primary N) is 1. The number of fused-ring (bicyclic) bond motifs is 3. The zero-order valence-corrected chi connectivity index (χ0v) is 8.40. The molecule has 0 saturated heterocycles. The average Bonchev–Trinajstić information content (AvgIpc) is 2.67. The zero-order chi connectivity index (χ0) is 11.1. The summed E-state index contributed by atoms with van der Waals surface area (Å²) in [5, 5.41) is 11.0. The lowest BCUT2D eigenvalue weighted by Crippen LogP contribution is -1.89. The Hall–Kier alpha value is -2.47. The number of hydrogen-bond donors (Lipinski definition) is 1. The van der Waals surface area contributed by atoms with Gasteiger partial charge in [0.1, 0.15) is 17.2 Å². The van der Waals surface area contributed by atoms with Crippen molar-refractivity contribution in [1.29, 1.82) is 5.26 Å². The van der Waals surface area contributed by atoms with E-state index in [0.717, 1.165) is 16.4 Å². The van der Waals surface area contributed by atoms with Crippen LogP contribution in [0, 0.1) is 11.3 Å². The van der Waals surface area contributed by atoms with Crippen molar-refractivity contribution in [2.24, 2.45) is 0 Å². The molecule has 1 aromatic heterocycles. The highest BCUT2D eigenvalue weighted by Crippen LogP contribution is 2.32. The summed E-state index contributed by atoms with van der Waals surface area (Å²) in [5.41, 5.74) is 7.95. The Morgan fingerprint density at radius 1 is 1.06 bits per heavy atom. The second-order valence-corrected chi connectivity index (χ2v) is 3.62. The van der Waals surface area contributed by atoms with Gasteiger partial charge >= 0.3 is 0 Å². The lowest BCUT2D eigenvalue weighted by Gasteiger charge is -1.96. The van der Waals surface area contributed by atoms with Crippen molar-refractivity contribution in [2.75, 3.05) is 5.73 Å². The molecule has 0 atom stereocenters. The molecule has 2 N–H and O–H groups in total. The number of hydrogen-bond acceptors (Lipinski definition) is 3. The first-order chi connectivity index (χ1) is 7.81. The number of rotatable bonds is 0. The highest BCUT2D eigenvalue weighted by atomic mass is 16.3. The van der Waals surface area contributed by atoms with E-state index in [1.807, 2.05) is 30.3 Å². The summed E-state index contributed by atoms with van der Waals surface area (Å²) in [5.74, 6) is 0. The van der Waals surface area contributed by atoms with Gasteiger partial charge in [-0.2, -0.15) is 5.26 Å². The van der Waals surface area contributed by atoms with Gasteiger partial charge in [-0.15, -0.1) is 0 Å². The number of furan rings is 1. The van der Waals surface area contributed by atoms with Crippen molar-refractivity contribution in [3.8, 4) is 6.07 Å². The Balaban J connectivity index is 2.60. The standard InChI is InChI=1S/C13H8N2O/c14-7-10-11(15)6-5-9-8-3-1-2-4-12(8)16-13(9)10/h1-6H,15H2. The molecule has 76 valence electrons. The zero-order valence-electron chi connectivity index (χ0n) is 8.40. The number of nitrogens with zero attached hydrogens (tertiary/aromatic N) is 1. The molecule has 3 aromatic rings. The molecule has 0 aliphatic carbocycles. The number of nitriles is 1. The molecule has 0 radical (unpaired) electrons. The van der Waals surface area contributed by atoms with Gasteiger partial charge in [-0.3, -0.25) is 0 Å². The molecule has 16 heavy (non-hydrogen) atoms. The first-order valence-electron chi connectivity index (χ1n) is 4.91. The van der Waals surface area contributed by atoms with E-state index in [1.54, 1.807) is 6.07 Å². The molecule has 0 saturated carbocycles. The van der Waals surface area contributed by atoms with Gasteiger partial charge < -0.3 is 10.2 Å². The second-order valence-electron chi connectivity index (χ2n) is 3.62. The molecule has 0 unspecified atom stereocenters. The summed E-state index contributed by atoms with van der Waals surface area (Å²) >= 11 is 0. The largest absolute Gasteiger partial charge is 0.455 e. The van der Waals surface area contributed by atoms with Crippen LogP contribution in [-0.4, -0.2) is 0 Å². The SMILES string of the molecule is N#Cc1c(N)ccc2c1oc1ccccc12. The summed E-state index contributed by atoms with van der Waals surface area (Å²) in [4.78, 5) is 0. The van der Waals surface area contributed by atoms with E-state index >= 15 is 0 Å². The molecule has 0 spiro atoms. The van der Waals surface area contributed by atoms with E-state index in [1.165, 1.54) is 0 Å². The van der Waals surface area contributed by atoms with E-state index < -0.39 is 0 Å². The number of benzene rings is 2. The van der Waals surface area contributed by atoms with E-state index in [4.69, 9.17) is 15.4 Å². The van der Waals surface area contributed by atoms with Gasteiger partial charge in [0.05, 0.1) is 5.69 Å². The van der Waals surface area contributed by atoms with Gasteiger partial charge in [0.25, 0.3) is 0 Å². The highest BCUT2D eigenvalue weighted by molar-refractivity contribution is 6.07. The Labute approximate surface area is 91.7 Å². The van der Waals surface area contributed by atoms with Crippen LogP contribution in [0.3, 0.4) is 0 Å². The first-order valence-corrected chi connectivity index (χ1v) is 4.91. The molecule has 3 heteroatoms. The predicted molar refractivity (Wildman–Crippen MR) is 62.8 cm³/mol. The maximum absolute atomic E-state index is 9.05. The van der Waals surface area contributed by atoms with Crippen molar-refractivity contribution in [3.05, 3.63) is 42.0 Å². The highest BCUT2D eigenvalue weighted by Gasteiger charge is 2.12. The van der Waals surface area contributed by atoms with Crippen molar-refractivity contribution < 1.29 is 4.42 Å². The van der Waals surface area contributed by atoms with Crippen LogP contribution >= 0.6 is 0 Å². The fraction of sp³-hybridized carbons (Fsp3) is 0. The van der Waals surface area contributed by atoms with Crippen LogP contribution in [0.5, 0.6) is 0 Å². The van der Waals surface area contributed by atoms with Gasteiger partial charge in [0.2, 0.25) is 0 Å². The summed E-state index contributed by atoms with van der Waals surface area (Å²) in [7, 11) is 0. The molecule has 0 aliphatic heterocycles. The van der Waals surface area contributed by atoms with Crippen LogP contribution in [0.1, 0.15) is 5.56 Å². The third kappa shape index (κ3) is 1.01. The van der Waals surface area contributed by atoms with Crippen LogP contribution in [-0.2, 0) is 0 Å². The van der Waals surface area contributed by atoms with Crippen molar-refractivity contribution in [2.45, 2.75) is 0 Å². The van der Waals surface area contributed by atoms with E-state index in [0.29, 0.717) is 16.8 Å². The minimum atomic E-state index is 0.411. The van der Waals surface area contributed by atoms with Crippen molar-refractivity contribution in [1.82, 2.24) is 0 Å². The maximum atomic E-state index is 9.05. The quantitative estimate of drug-likeness (QED) is 0.577. The lowest BCUT2D eigenvalue weighted by molar-refractivity contribution is 0.668. The van der Waals surface area contributed by atoms with Gasteiger partial charge in [0, 0.05) is 10.8 Å². The smallest absolute Gasteiger partial charge is 0.155 e. The Bertz CT molecular complexity index is 735. The van der Waals surface area contributed by atoms with Crippen molar-refractivity contribution in [3.63, 3.8) is 0 Å². The van der Waals surface area contributed by atoms with Crippen LogP contribution in [0.15, 0.2) is 40.8 Å². The fourth-order valence-electron chi connectivity index (χ4n) is 1.92. The monoisotopic (exact) mass is 208 g/mol. The normalized spacial score (nSPS) is 10.7. The van der Waals surface area contributed by atoms with Crippen LogP contribution < -0.4 is 5.73 Å². The van der Waals surface area contributed by atoms with E-state index in [-0.39, 0.29) is 0 Å². The minimum absolute atomic E-state index is 0.411. The number of anilines is 1. The summed E-state index contributed by atoms with van der Waals surface area (Å²) in [6.07, 6.45) is 0. The molecule has 3 rings (SSSR count). The fourth-order valence-corrected chi connectivity index (χ4v) is 1.92. The first kappa shape index (κ1) is 8.81. The molecule has 0 amide bonds. The van der Waals surface area contributed by atoms with Gasteiger partial charge in [0.15, 0.2) is 5.58 Å².